The number of anilines is 2. The van der Waals surface area contributed by atoms with Gasteiger partial charge in [0.05, 0.1) is 12.8 Å². The van der Waals surface area contributed by atoms with Crippen molar-refractivity contribution < 1.29 is 13.2 Å². The smallest absolute Gasteiger partial charge is 0.242 e. The summed E-state index contributed by atoms with van der Waals surface area (Å²) >= 11 is 0. The number of amides is 1. The Morgan fingerprint density at radius 2 is 2.10 bits per heavy atom. The highest BCUT2D eigenvalue weighted by Gasteiger charge is 2.26. The van der Waals surface area contributed by atoms with Crippen molar-refractivity contribution in [2.24, 2.45) is 0 Å². The summed E-state index contributed by atoms with van der Waals surface area (Å²) in [5.41, 5.74) is 8.37. The van der Waals surface area contributed by atoms with Gasteiger partial charge in [0.25, 0.3) is 0 Å². The number of carbonyl (C=O) groups excluding carboxylic acids is 1. The van der Waals surface area contributed by atoms with Crippen LogP contribution in [-0.2, 0) is 21.2 Å². The molecule has 0 spiro atoms. The number of nitrogen functional groups attached to an aromatic ring is 1. The highest BCUT2D eigenvalue weighted by atomic mass is 35.5. The predicted octanol–water partition coefficient (Wildman–Crippen LogP) is 0.861. The fourth-order valence-electron chi connectivity index (χ4n) is 2.30. The third kappa shape index (κ3) is 3.87. The molecule has 0 aromatic heterocycles. The van der Waals surface area contributed by atoms with Gasteiger partial charge in [0.2, 0.25) is 15.9 Å². The topological polar surface area (TPSA) is 83.7 Å². The minimum Gasteiger partial charge on any atom is -0.398 e. The molecule has 0 bridgehead atoms. The van der Waals surface area contributed by atoms with E-state index >= 15 is 0 Å². The molecule has 2 N–H and O–H groups in total. The number of fused-ring (bicyclic) bond motifs is 1. The molecule has 1 amide bonds. The van der Waals surface area contributed by atoms with Crippen LogP contribution in [0.25, 0.3) is 0 Å². The van der Waals surface area contributed by atoms with Gasteiger partial charge in [0, 0.05) is 25.0 Å². The Balaban J connectivity index is 0.00000220. The van der Waals surface area contributed by atoms with Crippen molar-refractivity contribution in [1.82, 2.24) is 4.31 Å². The van der Waals surface area contributed by atoms with Crippen LogP contribution < -0.4 is 10.6 Å². The number of benzene rings is 1. The van der Waals surface area contributed by atoms with Crippen LogP contribution in [-0.4, -0.2) is 45.0 Å². The molecule has 0 fully saturated rings. The minimum atomic E-state index is -3.36. The second-order valence-electron chi connectivity index (χ2n) is 5.01. The van der Waals surface area contributed by atoms with Crippen LogP contribution in [0, 0.1) is 0 Å². The Kier molecular flexibility index (Phi) is 5.61. The summed E-state index contributed by atoms with van der Waals surface area (Å²) in [7, 11) is -1.96. The summed E-state index contributed by atoms with van der Waals surface area (Å²) in [6, 6.07) is 5.47. The zero-order chi connectivity index (χ0) is 14.9. The van der Waals surface area contributed by atoms with Crippen LogP contribution in [0.2, 0.25) is 0 Å². The Labute approximate surface area is 131 Å². The largest absolute Gasteiger partial charge is 0.398 e. The molecular weight excluding hydrogens is 314 g/mol. The zero-order valence-electron chi connectivity index (χ0n) is 12.1. The Hall–Kier alpha value is -1.31. The van der Waals surface area contributed by atoms with Crippen molar-refractivity contribution in [3.8, 4) is 0 Å². The van der Waals surface area contributed by atoms with Gasteiger partial charge in [-0.2, -0.15) is 4.31 Å². The molecule has 0 unspecified atom stereocenters. The van der Waals surface area contributed by atoms with E-state index in [2.05, 4.69) is 0 Å². The maximum absolute atomic E-state index is 12.3. The summed E-state index contributed by atoms with van der Waals surface area (Å²) in [5, 5.41) is 0. The van der Waals surface area contributed by atoms with Crippen molar-refractivity contribution >= 4 is 39.7 Å². The lowest BCUT2D eigenvalue weighted by Gasteiger charge is -2.31. The van der Waals surface area contributed by atoms with Gasteiger partial charge >= 0.3 is 0 Å². The molecule has 1 aromatic carbocycles. The van der Waals surface area contributed by atoms with E-state index in [1.807, 2.05) is 12.1 Å². The van der Waals surface area contributed by atoms with Crippen molar-refractivity contribution in [2.75, 3.05) is 37.0 Å². The molecule has 2 rings (SSSR count). The first-order valence-corrected chi connectivity index (χ1v) is 8.24. The molecule has 0 saturated heterocycles. The fourth-order valence-corrected chi connectivity index (χ4v) is 2.65. The van der Waals surface area contributed by atoms with Gasteiger partial charge in [0.1, 0.15) is 0 Å². The summed E-state index contributed by atoms with van der Waals surface area (Å²) in [5.74, 6) is -0.232. The lowest BCUT2D eigenvalue weighted by Crippen LogP contribution is -2.43. The van der Waals surface area contributed by atoms with Crippen LogP contribution in [0.5, 0.6) is 0 Å². The number of halogens is 1. The SMILES string of the molecule is CN(CC(=O)N1CCCc2c(N)cccc21)S(C)(=O)=O.Cl. The van der Waals surface area contributed by atoms with E-state index in [-0.39, 0.29) is 24.9 Å². The summed E-state index contributed by atoms with van der Waals surface area (Å²) in [6.45, 7) is 0.431. The highest BCUT2D eigenvalue weighted by Crippen LogP contribution is 2.31. The molecular formula is C13H20ClN3O3S. The quantitative estimate of drug-likeness (QED) is 0.832. The number of hydrogen-bond donors (Lipinski definition) is 1. The average Bonchev–Trinajstić information content (AvgIpc) is 2.37. The van der Waals surface area contributed by atoms with Crippen molar-refractivity contribution in [3.63, 3.8) is 0 Å². The van der Waals surface area contributed by atoms with Crippen LogP contribution in [0.15, 0.2) is 18.2 Å². The monoisotopic (exact) mass is 333 g/mol. The van der Waals surface area contributed by atoms with Crippen LogP contribution in [0.4, 0.5) is 11.4 Å². The van der Waals surface area contributed by atoms with E-state index in [0.717, 1.165) is 34.7 Å². The number of hydrogen-bond acceptors (Lipinski definition) is 4. The maximum atomic E-state index is 12.3. The summed E-state index contributed by atoms with van der Waals surface area (Å²) in [4.78, 5) is 13.9. The van der Waals surface area contributed by atoms with Gasteiger partial charge in [-0.1, -0.05) is 6.07 Å². The first-order chi connectivity index (χ1) is 9.30. The molecule has 6 nitrogen and oxygen atoms in total. The Morgan fingerprint density at radius 1 is 1.43 bits per heavy atom. The molecule has 1 heterocycles. The standard InChI is InChI=1S/C13H19N3O3S.ClH/c1-15(20(2,18)19)9-13(17)16-8-4-5-10-11(14)6-3-7-12(10)16;/h3,6-7H,4-5,8-9,14H2,1-2H3;1H. The van der Waals surface area contributed by atoms with E-state index in [9.17, 15) is 13.2 Å². The van der Waals surface area contributed by atoms with Gasteiger partial charge in [-0.05, 0) is 30.5 Å². The number of nitrogens with zero attached hydrogens (tertiary/aromatic N) is 2. The number of nitrogens with two attached hydrogens (primary N) is 1. The van der Waals surface area contributed by atoms with Crippen molar-refractivity contribution in [1.29, 1.82) is 0 Å². The van der Waals surface area contributed by atoms with Crippen LogP contribution >= 0.6 is 12.4 Å². The van der Waals surface area contributed by atoms with Gasteiger partial charge < -0.3 is 10.6 Å². The molecule has 21 heavy (non-hydrogen) atoms. The molecule has 8 heteroatoms. The predicted molar refractivity (Wildman–Crippen MR) is 86.3 cm³/mol. The van der Waals surface area contributed by atoms with E-state index in [0.29, 0.717) is 12.2 Å². The summed E-state index contributed by atoms with van der Waals surface area (Å²) < 4.78 is 23.8. The Bertz CT molecular complexity index is 634. The normalized spacial score (nSPS) is 14.5. The molecule has 1 aliphatic rings. The fraction of sp³-hybridized carbons (Fsp3) is 0.462. The van der Waals surface area contributed by atoms with E-state index in [4.69, 9.17) is 5.73 Å². The van der Waals surface area contributed by atoms with E-state index < -0.39 is 10.0 Å². The lowest BCUT2D eigenvalue weighted by atomic mass is 10.00. The molecule has 1 aliphatic heterocycles. The third-order valence-corrected chi connectivity index (χ3v) is 4.77. The Morgan fingerprint density at radius 3 is 2.71 bits per heavy atom. The maximum Gasteiger partial charge on any atom is 0.242 e. The zero-order valence-corrected chi connectivity index (χ0v) is 13.7. The van der Waals surface area contributed by atoms with E-state index in [1.165, 1.54) is 7.05 Å². The second kappa shape index (κ2) is 6.64. The average molecular weight is 334 g/mol. The van der Waals surface area contributed by atoms with Gasteiger partial charge in [-0.15, -0.1) is 12.4 Å². The first kappa shape index (κ1) is 17.7. The molecule has 0 radical (unpaired) electrons. The van der Waals surface area contributed by atoms with Gasteiger partial charge in [0.15, 0.2) is 0 Å². The van der Waals surface area contributed by atoms with Crippen molar-refractivity contribution in [3.05, 3.63) is 23.8 Å². The first-order valence-electron chi connectivity index (χ1n) is 6.39. The number of carbonyl (C=O) groups is 1. The third-order valence-electron chi connectivity index (χ3n) is 3.51. The molecule has 0 atom stereocenters. The molecule has 0 saturated carbocycles. The van der Waals surface area contributed by atoms with Crippen LogP contribution in [0.1, 0.15) is 12.0 Å². The highest BCUT2D eigenvalue weighted by molar-refractivity contribution is 7.88. The molecule has 118 valence electrons. The number of likely N-dealkylation sites (N-methyl/N-ethyl adjacent to an activating group) is 1. The second-order valence-corrected chi connectivity index (χ2v) is 7.10. The lowest BCUT2D eigenvalue weighted by molar-refractivity contribution is -0.118. The minimum absolute atomic E-state index is 0. The van der Waals surface area contributed by atoms with Crippen molar-refractivity contribution in [2.45, 2.75) is 12.8 Å². The molecule has 0 aliphatic carbocycles. The summed E-state index contributed by atoms with van der Waals surface area (Å²) in [6.07, 6.45) is 2.76. The van der Waals surface area contributed by atoms with Crippen LogP contribution in [0.3, 0.4) is 0 Å². The van der Waals surface area contributed by atoms with E-state index in [1.54, 1.807) is 11.0 Å². The van der Waals surface area contributed by atoms with Gasteiger partial charge in [-0.25, -0.2) is 8.42 Å². The number of sulfonamides is 1. The van der Waals surface area contributed by atoms with Gasteiger partial charge in [-0.3, -0.25) is 4.79 Å². The number of rotatable bonds is 3. The molecule has 1 aromatic rings.